The topological polar surface area (TPSA) is 27.7 Å². The number of hydrogen-bond acceptors (Lipinski definition) is 3. The maximum atomic E-state index is 5.65. The molecule has 1 unspecified atom stereocenters. The second kappa shape index (κ2) is 18.9. The van der Waals surface area contributed by atoms with Crippen molar-refractivity contribution in [3.05, 3.63) is 0 Å². The number of hydrogen-bond donors (Lipinski definition) is 0. The van der Waals surface area contributed by atoms with E-state index in [1.165, 1.54) is 6.42 Å². The van der Waals surface area contributed by atoms with Crippen molar-refractivity contribution in [3.63, 3.8) is 0 Å². The minimum atomic E-state index is -0.890. The highest BCUT2D eigenvalue weighted by Gasteiger charge is 2.17. The fourth-order valence-electron chi connectivity index (χ4n) is 1.39. The van der Waals surface area contributed by atoms with Crippen LogP contribution in [-0.4, -0.2) is 56.7 Å². The smallest absolute Gasteiger partial charge is 0.454 e. The molecule has 0 radical (unpaired) electrons. The molecule has 0 rings (SSSR count). The molecule has 0 saturated heterocycles. The second-order valence-electron chi connectivity index (χ2n) is 6.78. The van der Waals surface area contributed by atoms with E-state index in [4.69, 9.17) is 11.2 Å². The van der Waals surface area contributed by atoms with Gasteiger partial charge in [0.1, 0.15) is 0 Å². The predicted octanol–water partition coefficient (Wildman–Crippen LogP) is 5.35. The van der Waals surface area contributed by atoms with Gasteiger partial charge >= 0.3 is 50.6 Å². The lowest BCUT2D eigenvalue weighted by Crippen LogP contribution is -2.29. The van der Waals surface area contributed by atoms with Gasteiger partial charge in [-0.05, 0) is 19.7 Å². The minimum Gasteiger partial charge on any atom is -0.546 e. The molecule has 0 fully saturated rings. The SMILES string of the molecule is CB([O][Al]([CH3])[CH3])[O][Al]([CH3])[CH3].CC(C)C(C)[O][Al]([CH3])[CH3].CCC. The summed E-state index contributed by atoms with van der Waals surface area (Å²) < 4.78 is 16.7. The van der Waals surface area contributed by atoms with E-state index in [1.54, 1.807) is 0 Å². The molecule has 0 heterocycles. The Kier molecular flexibility index (Phi) is 24.3. The molecule has 0 saturated carbocycles. The molecule has 0 aliphatic rings. The largest absolute Gasteiger partial charge is 0.546 e. The van der Waals surface area contributed by atoms with Crippen molar-refractivity contribution < 1.29 is 11.2 Å². The quantitative estimate of drug-likeness (QED) is 0.573. The van der Waals surface area contributed by atoms with Crippen LogP contribution in [0.5, 0.6) is 0 Å². The zero-order valence-electron chi connectivity index (χ0n) is 17.4. The Morgan fingerprint density at radius 2 is 1.09 bits per heavy atom. The molecule has 22 heavy (non-hydrogen) atoms. The molecular weight excluding hydrogens is 320 g/mol. The van der Waals surface area contributed by atoms with Crippen LogP contribution in [0.4, 0.5) is 0 Å². The van der Waals surface area contributed by atoms with Gasteiger partial charge in [-0.1, -0.05) is 68.8 Å². The lowest BCUT2D eigenvalue weighted by Gasteiger charge is -2.18. The molecule has 130 valence electrons. The van der Waals surface area contributed by atoms with Gasteiger partial charge in [0.2, 0.25) is 0 Å². The van der Waals surface area contributed by atoms with E-state index >= 15 is 0 Å². The zero-order chi connectivity index (χ0) is 18.3. The monoisotopic (exact) mass is 360 g/mol. The van der Waals surface area contributed by atoms with Crippen molar-refractivity contribution in [2.75, 3.05) is 0 Å². The zero-order valence-corrected chi connectivity index (χ0v) is 20.9. The van der Waals surface area contributed by atoms with E-state index in [0.29, 0.717) is 12.0 Å². The van der Waals surface area contributed by atoms with Crippen molar-refractivity contribution in [2.45, 2.75) is 88.7 Å². The van der Waals surface area contributed by atoms with Gasteiger partial charge in [-0.3, -0.25) is 0 Å². The Hall–Kier alpha value is 1.54. The van der Waals surface area contributed by atoms with Gasteiger partial charge in [0.25, 0.3) is 0 Å². The first-order chi connectivity index (χ1) is 9.97. The van der Waals surface area contributed by atoms with Crippen LogP contribution >= 0.6 is 0 Å². The van der Waals surface area contributed by atoms with Crippen LogP contribution in [-0.2, 0) is 11.2 Å². The molecule has 3 nitrogen and oxygen atoms in total. The van der Waals surface area contributed by atoms with Crippen LogP contribution in [0.2, 0.25) is 41.5 Å². The molecule has 1 atom stereocenters. The molecule has 0 spiro atoms. The second-order valence-corrected chi connectivity index (χ2v) is 13.9. The maximum absolute atomic E-state index is 5.65. The van der Waals surface area contributed by atoms with Crippen molar-refractivity contribution in [1.82, 2.24) is 0 Å². The Balaban J connectivity index is -0.000000279. The molecule has 0 N–H and O–H groups in total. The third-order valence-electron chi connectivity index (χ3n) is 2.35. The average molecular weight is 360 g/mol. The highest BCUT2D eigenvalue weighted by Crippen LogP contribution is 2.05. The summed E-state index contributed by atoms with van der Waals surface area (Å²) in [7, 11) is 0.0401. The van der Waals surface area contributed by atoms with E-state index in [9.17, 15) is 0 Å². The lowest BCUT2D eigenvalue weighted by atomic mass is 9.98. The van der Waals surface area contributed by atoms with E-state index in [-0.39, 0.29) is 7.12 Å². The first kappa shape index (κ1) is 28.3. The molecule has 0 aliphatic carbocycles. The van der Waals surface area contributed by atoms with Crippen molar-refractivity contribution in [3.8, 4) is 0 Å². The third-order valence-corrected chi connectivity index (χ3v) is 5.18. The van der Waals surface area contributed by atoms with Gasteiger partial charge in [0.05, 0.1) is 0 Å². The van der Waals surface area contributed by atoms with E-state index in [0.717, 1.165) is 0 Å². The summed E-state index contributed by atoms with van der Waals surface area (Å²) >= 11 is -2.56. The molecule has 0 aromatic heterocycles. The Bertz CT molecular complexity index is 208. The summed E-state index contributed by atoms with van der Waals surface area (Å²) in [6.45, 7) is 12.8. The molecular formula is C15H40Al3BO3. The van der Waals surface area contributed by atoms with E-state index in [2.05, 4.69) is 69.3 Å². The maximum Gasteiger partial charge on any atom is 0.454 e. The summed E-state index contributed by atoms with van der Waals surface area (Å²) in [5.74, 6) is 13.7. The average Bonchev–Trinajstić information content (AvgIpc) is 2.27. The van der Waals surface area contributed by atoms with Crippen molar-refractivity contribution in [1.29, 1.82) is 0 Å². The van der Waals surface area contributed by atoms with Crippen LogP contribution in [0, 0.1) is 5.92 Å². The standard InChI is InChI=1S/C5H11O.C3H8.CH3BO2.6CH3.3Al/c1-4(2)5(3)6;1-3-2;1-2(3)4;;;;;;;;;/h4-5H,1-3H3;3H2,1-2H3;1H3;6*1H3;;;/q-1;;-2;;;;;;;3*+1. The highest BCUT2D eigenvalue weighted by atomic mass is 27.2. The summed E-state index contributed by atoms with van der Waals surface area (Å²) in [6, 6.07) is 0. The fraction of sp³-hybridized carbons (Fsp3) is 1.00. The van der Waals surface area contributed by atoms with E-state index in [1.807, 2.05) is 6.82 Å². The van der Waals surface area contributed by atoms with Crippen LogP contribution < -0.4 is 0 Å². The minimum absolute atomic E-state index is 0.0401. The predicted molar refractivity (Wildman–Crippen MR) is 108 cm³/mol. The first-order valence-corrected chi connectivity index (χ1v) is 17.3. The lowest BCUT2D eigenvalue weighted by molar-refractivity contribution is 0.172. The van der Waals surface area contributed by atoms with Crippen LogP contribution in [0.15, 0.2) is 0 Å². The first-order valence-electron chi connectivity index (χ1n) is 8.94. The normalized spacial score (nSPS) is 10.8. The third kappa shape index (κ3) is 29.5. The Morgan fingerprint density at radius 1 is 0.773 bits per heavy atom. The molecule has 0 aromatic rings. The van der Waals surface area contributed by atoms with Gasteiger partial charge in [-0.2, -0.15) is 0 Å². The molecule has 0 aliphatic heterocycles. The van der Waals surface area contributed by atoms with Gasteiger partial charge in [-0.15, -0.1) is 0 Å². The van der Waals surface area contributed by atoms with Crippen molar-refractivity contribution >= 4 is 50.6 Å². The van der Waals surface area contributed by atoms with Gasteiger partial charge < -0.3 is 11.2 Å². The summed E-state index contributed by atoms with van der Waals surface area (Å²) in [6.07, 6.45) is 1.71. The fourth-order valence-corrected chi connectivity index (χ4v) is 4.35. The van der Waals surface area contributed by atoms with Gasteiger partial charge in [-0.25, -0.2) is 0 Å². The van der Waals surface area contributed by atoms with E-state index < -0.39 is 43.4 Å². The Labute approximate surface area is 155 Å². The Morgan fingerprint density at radius 3 is 1.23 bits per heavy atom. The highest BCUT2D eigenvalue weighted by molar-refractivity contribution is 6.66. The molecule has 0 amide bonds. The summed E-state index contributed by atoms with van der Waals surface area (Å²) in [4.78, 5) is 0. The van der Waals surface area contributed by atoms with Gasteiger partial charge in [0, 0.05) is 6.10 Å². The summed E-state index contributed by atoms with van der Waals surface area (Å²) in [5.41, 5.74) is 0. The molecule has 7 heteroatoms. The molecule has 0 bridgehead atoms. The van der Waals surface area contributed by atoms with Crippen LogP contribution in [0.25, 0.3) is 0 Å². The van der Waals surface area contributed by atoms with Crippen molar-refractivity contribution in [2.24, 2.45) is 5.92 Å². The van der Waals surface area contributed by atoms with Crippen LogP contribution in [0.1, 0.15) is 41.0 Å². The molecule has 0 aromatic carbocycles. The van der Waals surface area contributed by atoms with Gasteiger partial charge in [0.15, 0.2) is 0 Å². The number of rotatable bonds is 7. The summed E-state index contributed by atoms with van der Waals surface area (Å²) in [5, 5.41) is 0. The van der Waals surface area contributed by atoms with Crippen LogP contribution in [0.3, 0.4) is 0 Å².